The van der Waals surface area contributed by atoms with Gasteiger partial charge in [0.1, 0.15) is 0 Å². The van der Waals surface area contributed by atoms with Crippen LogP contribution in [0.1, 0.15) is 24.1 Å². The van der Waals surface area contributed by atoms with E-state index in [1.165, 1.54) is 12.8 Å². The van der Waals surface area contributed by atoms with Crippen LogP contribution >= 0.6 is 15.9 Å². The van der Waals surface area contributed by atoms with E-state index in [0.29, 0.717) is 18.5 Å². The van der Waals surface area contributed by atoms with Gasteiger partial charge in [0.25, 0.3) is 0 Å². The molecule has 0 N–H and O–H groups in total. The molecule has 0 amide bonds. The SMILES string of the molecule is Cc1cc(Br)cnc1CN(C)c1cn(CC2OCC3(CC3)CO2)nn1. The molecule has 3 heterocycles. The summed E-state index contributed by atoms with van der Waals surface area (Å²) >= 11 is 3.44. The van der Waals surface area contributed by atoms with Crippen LogP contribution in [0.4, 0.5) is 5.82 Å². The standard InChI is InChI=1S/C17H22BrN5O2/c1-12-5-13(18)6-19-14(12)7-22(2)15-8-23(21-20-15)9-16-24-10-17(3-4-17)11-25-16/h5-6,8,16H,3-4,7,9-11H2,1-2H3. The van der Waals surface area contributed by atoms with Crippen molar-refractivity contribution in [3.63, 3.8) is 0 Å². The van der Waals surface area contributed by atoms with Gasteiger partial charge in [-0.25, -0.2) is 4.68 Å². The van der Waals surface area contributed by atoms with Gasteiger partial charge >= 0.3 is 0 Å². The second kappa shape index (κ2) is 6.66. The van der Waals surface area contributed by atoms with Crippen LogP contribution in [0.15, 0.2) is 22.9 Å². The Bertz CT molecular complexity index is 751. The highest BCUT2D eigenvalue weighted by Gasteiger charge is 2.46. The molecule has 0 unspecified atom stereocenters. The molecule has 4 rings (SSSR count). The van der Waals surface area contributed by atoms with Gasteiger partial charge < -0.3 is 14.4 Å². The summed E-state index contributed by atoms with van der Waals surface area (Å²) in [6, 6.07) is 2.07. The van der Waals surface area contributed by atoms with Crippen LogP contribution in [-0.2, 0) is 22.6 Å². The molecule has 1 saturated heterocycles. The first kappa shape index (κ1) is 16.9. The van der Waals surface area contributed by atoms with Crippen LogP contribution < -0.4 is 4.90 Å². The lowest BCUT2D eigenvalue weighted by Gasteiger charge is -2.29. The van der Waals surface area contributed by atoms with Crippen molar-refractivity contribution in [3.8, 4) is 0 Å². The van der Waals surface area contributed by atoms with E-state index in [1.54, 1.807) is 4.68 Å². The molecule has 2 aromatic heterocycles. The minimum Gasteiger partial charge on any atom is -0.351 e. The molecule has 1 aliphatic carbocycles. The largest absolute Gasteiger partial charge is 0.351 e. The number of hydrogen-bond donors (Lipinski definition) is 0. The van der Waals surface area contributed by atoms with E-state index >= 15 is 0 Å². The van der Waals surface area contributed by atoms with Crippen molar-refractivity contribution in [1.29, 1.82) is 0 Å². The molecule has 2 aliphatic rings. The Hall–Kier alpha value is -1.51. The molecule has 2 aromatic rings. The maximum atomic E-state index is 5.81. The number of hydrogen-bond acceptors (Lipinski definition) is 6. The third kappa shape index (κ3) is 3.86. The number of nitrogens with zero attached hydrogens (tertiary/aromatic N) is 5. The van der Waals surface area contributed by atoms with E-state index in [2.05, 4.69) is 44.2 Å². The molecule has 0 atom stereocenters. The first-order chi connectivity index (χ1) is 12.0. The highest BCUT2D eigenvalue weighted by Crippen LogP contribution is 2.48. The molecule has 2 fully saturated rings. The van der Waals surface area contributed by atoms with Crippen LogP contribution in [0.5, 0.6) is 0 Å². The van der Waals surface area contributed by atoms with E-state index < -0.39 is 0 Å². The third-order valence-electron chi connectivity index (χ3n) is 4.90. The zero-order valence-electron chi connectivity index (χ0n) is 14.5. The Morgan fingerprint density at radius 2 is 2.12 bits per heavy atom. The van der Waals surface area contributed by atoms with Gasteiger partial charge in [-0.2, -0.15) is 0 Å². The third-order valence-corrected chi connectivity index (χ3v) is 5.34. The first-order valence-electron chi connectivity index (χ1n) is 8.49. The van der Waals surface area contributed by atoms with Crippen molar-refractivity contribution in [2.45, 2.75) is 39.1 Å². The Morgan fingerprint density at radius 3 is 2.80 bits per heavy atom. The summed E-state index contributed by atoms with van der Waals surface area (Å²) in [6.45, 7) is 4.90. The monoisotopic (exact) mass is 407 g/mol. The predicted octanol–water partition coefficient (Wildman–Crippen LogP) is 2.53. The number of rotatable bonds is 5. The summed E-state index contributed by atoms with van der Waals surface area (Å²) in [5.41, 5.74) is 2.49. The number of aromatic nitrogens is 4. The summed E-state index contributed by atoms with van der Waals surface area (Å²) in [7, 11) is 1.99. The van der Waals surface area contributed by atoms with E-state index in [1.807, 2.05) is 24.3 Å². The van der Waals surface area contributed by atoms with Gasteiger partial charge in [-0.3, -0.25) is 4.98 Å². The average Bonchev–Trinajstić information content (AvgIpc) is 3.18. The number of halogens is 1. The lowest BCUT2D eigenvalue weighted by Crippen LogP contribution is -2.36. The van der Waals surface area contributed by atoms with Gasteiger partial charge in [0, 0.05) is 23.1 Å². The zero-order chi connectivity index (χ0) is 17.4. The van der Waals surface area contributed by atoms with Gasteiger partial charge in [-0.1, -0.05) is 5.21 Å². The molecule has 1 aliphatic heterocycles. The van der Waals surface area contributed by atoms with Gasteiger partial charge in [0.2, 0.25) is 0 Å². The Morgan fingerprint density at radius 1 is 1.36 bits per heavy atom. The summed E-state index contributed by atoms with van der Waals surface area (Å²) in [4.78, 5) is 6.52. The molecule has 134 valence electrons. The minimum atomic E-state index is -0.235. The fraction of sp³-hybridized carbons (Fsp3) is 0.588. The van der Waals surface area contributed by atoms with Crippen LogP contribution in [0.25, 0.3) is 0 Å². The van der Waals surface area contributed by atoms with Crippen LogP contribution in [0.3, 0.4) is 0 Å². The van der Waals surface area contributed by atoms with Crippen molar-refractivity contribution < 1.29 is 9.47 Å². The summed E-state index contributed by atoms with van der Waals surface area (Å²) in [5.74, 6) is 0.804. The van der Waals surface area contributed by atoms with Crippen molar-refractivity contribution in [1.82, 2.24) is 20.0 Å². The topological polar surface area (TPSA) is 65.3 Å². The lowest BCUT2D eigenvalue weighted by atomic mass is 10.1. The fourth-order valence-corrected chi connectivity index (χ4v) is 3.39. The fourth-order valence-electron chi connectivity index (χ4n) is 2.95. The Labute approximate surface area is 155 Å². The molecule has 8 heteroatoms. The molecular formula is C17H22BrN5O2. The Kier molecular flexibility index (Phi) is 4.51. The van der Waals surface area contributed by atoms with Gasteiger partial charge in [-0.15, -0.1) is 5.10 Å². The number of anilines is 1. The maximum Gasteiger partial charge on any atom is 0.177 e. The van der Waals surface area contributed by atoms with Gasteiger partial charge in [0.05, 0.1) is 38.2 Å². The molecule has 25 heavy (non-hydrogen) atoms. The van der Waals surface area contributed by atoms with E-state index in [4.69, 9.17) is 9.47 Å². The molecular weight excluding hydrogens is 386 g/mol. The van der Waals surface area contributed by atoms with Gasteiger partial charge in [-0.05, 0) is 47.3 Å². The normalized spacial score (nSPS) is 19.3. The summed E-state index contributed by atoms with van der Waals surface area (Å²) in [5, 5.41) is 8.46. The quantitative estimate of drug-likeness (QED) is 0.758. The maximum absolute atomic E-state index is 5.81. The van der Waals surface area contributed by atoms with Crippen LogP contribution in [-0.4, -0.2) is 46.5 Å². The number of pyridine rings is 1. The van der Waals surface area contributed by atoms with Crippen LogP contribution in [0.2, 0.25) is 0 Å². The smallest absolute Gasteiger partial charge is 0.177 e. The summed E-state index contributed by atoms with van der Waals surface area (Å²) < 4.78 is 14.4. The molecule has 7 nitrogen and oxygen atoms in total. The highest BCUT2D eigenvalue weighted by atomic mass is 79.9. The van der Waals surface area contributed by atoms with Crippen LogP contribution in [0, 0.1) is 12.3 Å². The summed E-state index contributed by atoms with van der Waals surface area (Å²) in [6.07, 6.45) is 5.95. The van der Waals surface area contributed by atoms with E-state index in [9.17, 15) is 0 Å². The van der Waals surface area contributed by atoms with Crippen molar-refractivity contribution in [3.05, 3.63) is 34.2 Å². The highest BCUT2D eigenvalue weighted by molar-refractivity contribution is 9.10. The molecule has 1 spiro atoms. The molecule has 1 saturated carbocycles. The van der Waals surface area contributed by atoms with E-state index in [-0.39, 0.29) is 6.29 Å². The minimum absolute atomic E-state index is 0.235. The van der Waals surface area contributed by atoms with Gasteiger partial charge in [0.15, 0.2) is 12.1 Å². The van der Waals surface area contributed by atoms with Crippen molar-refractivity contribution in [2.24, 2.45) is 5.41 Å². The predicted molar refractivity (Wildman–Crippen MR) is 96.2 cm³/mol. The lowest BCUT2D eigenvalue weighted by molar-refractivity contribution is -0.213. The second-order valence-corrected chi connectivity index (χ2v) is 8.04. The van der Waals surface area contributed by atoms with E-state index in [0.717, 1.165) is 34.8 Å². The zero-order valence-corrected chi connectivity index (χ0v) is 16.1. The molecule has 0 bridgehead atoms. The van der Waals surface area contributed by atoms with Crippen molar-refractivity contribution in [2.75, 3.05) is 25.2 Å². The molecule has 0 aromatic carbocycles. The number of ether oxygens (including phenoxy) is 2. The van der Waals surface area contributed by atoms with Crippen molar-refractivity contribution >= 4 is 21.7 Å². The number of aryl methyl sites for hydroxylation is 1. The molecule has 0 radical (unpaired) electrons. The average molecular weight is 408 g/mol. The second-order valence-electron chi connectivity index (χ2n) is 7.12. The Balaban J connectivity index is 1.35. The first-order valence-corrected chi connectivity index (χ1v) is 9.28.